The number of nitrogens with two attached hydrogens (primary N) is 1. The zero-order valence-electron chi connectivity index (χ0n) is 15.8. The van der Waals surface area contributed by atoms with Crippen molar-refractivity contribution < 1.29 is 14.3 Å². The summed E-state index contributed by atoms with van der Waals surface area (Å²) in [6.07, 6.45) is 6.50. The second-order valence-corrected chi connectivity index (χ2v) is 6.80. The number of carbonyl (C=O) groups excluding carboxylic acids is 2. The van der Waals surface area contributed by atoms with Crippen LogP contribution < -0.4 is 15.8 Å². The Bertz CT molecular complexity index is 797. The average molecular weight is 382 g/mol. The minimum Gasteiger partial charge on any atom is -0.457 e. The van der Waals surface area contributed by atoms with Gasteiger partial charge in [-0.1, -0.05) is 6.07 Å². The largest absolute Gasteiger partial charge is 0.457 e. The summed E-state index contributed by atoms with van der Waals surface area (Å²) in [7, 11) is 0. The van der Waals surface area contributed by atoms with Gasteiger partial charge in [-0.15, -0.1) is 0 Å². The summed E-state index contributed by atoms with van der Waals surface area (Å²) in [5.41, 5.74) is 5.99. The summed E-state index contributed by atoms with van der Waals surface area (Å²) in [6.45, 7) is 1.47. The molecular weight excluding hydrogens is 356 g/mol. The van der Waals surface area contributed by atoms with Crippen LogP contribution in [-0.2, 0) is 4.79 Å². The van der Waals surface area contributed by atoms with Crippen LogP contribution in [0.5, 0.6) is 11.5 Å². The molecule has 1 fully saturated rings. The van der Waals surface area contributed by atoms with Crippen molar-refractivity contribution in [2.45, 2.75) is 31.7 Å². The van der Waals surface area contributed by atoms with E-state index >= 15 is 0 Å². The van der Waals surface area contributed by atoms with Gasteiger partial charge in [-0.2, -0.15) is 0 Å². The van der Waals surface area contributed by atoms with Gasteiger partial charge in [-0.05, 0) is 49.6 Å². The lowest BCUT2D eigenvalue weighted by Crippen LogP contribution is -2.49. The number of rotatable bonds is 7. The predicted molar refractivity (Wildman–Crippen MR) is 106 cm³/mol. The molecule has 1 aliphatic heterocycles. The second-order valence-electron chi connectivity index (χ2n) is 6.80. The standard InChI is InChI=1S/C21H26N4O3/c22-10-7-20(26)24-15-17-5-1-2-13-25(17)21(27)16-4-3-6-19(14-16)28-18-8-11-23-12-9-18/h3-4,6,8-9,11-12,14,17H,1-2,5,7,10,13,15,22H2,(H,24,26). The SMILES string of the molecule is NCCC(=O)NCC1CCCCN1C(=O)c1cccc(Oc2ccncc2)c1. The highest BCUT2D eigenvalue weighted by molar-refractivity contribution is 5.95. The molecule has 1 saturated heterocycles. The zero-order chi connectivity index (χ0) is 19.8. The van der Waals surface area contributed by atoms with E-state index in [1.807, 2.05) is 17.0 Å². The highest BCUT2D eigenvalue weighted by Gasteiger charge is 2.28. The van der Waals surface area contributed by atoms with Crippen molar-refractivity contribution in [2.75, 3.05) is 19.6 Å². The van der Waals surface area contributed by atoms with Crippen molar-refractivity contribution in [2.24, 2.45) is 5.73 Å². The minimum atomic E-state index is -0.0757. The molecule has 1 aromatic carbocycles. The van der Waals surface area contributed by atoms with Crippen LogP contribution >= 0.6 is 0 Å². The van der Waals surface area contributed by atoms with Crippen molar-refractivity contribution >= 4 is 11.8 Å². The van der Waals surface area contributed by atoms with Gasteiger partial charge < -0.3 is 20.7 Å². The second kappa shape index (κ2) is 9.85. The third kappa shape index (κ3) is 5.29. The molecule has 148 valence electrons. The Labute approximate surface area is 164 Å². The summed E-state index contributed by atoms with van der Waals surface area (Å²) in [5, 5.41) is 2.89. The van der Waals surface area contributed by atoms with E-state index in [4.69, 9.17) is 10.5 Å². The molecular formula is C21H26N4O3. The fraction of sp³-hybridized carbons (Fsp3) is 0.381. The Morgan fingerprint density at radius 1 is 1.18 bits per heavy atom. The summed E-state index contributed by atoms with van der Waals surface area (Å²) in [6, 6.07) is 10.7. The number of carbonyl (C=O) groups is 2. The first-order valence-electron chi connectivity index (χ1n) is 9.63. The maximum Gasteiger partial charge on any atom is 0.254 e. The Hall–Kier alpha value is -2.93. The molecule has 0 radical (unpaired) electrons. The van der Waals surface area contributed by atoms with Gasteiger partial charge in [0.2, 0.25) is 5.91 Å². The molecule has 2 aromatic rings. The minimum absolute atomic E-state index is 0.00672. The molecule has 0 spiro atoms. The van der Waals surface area contributed by atoms with Crippen molar-refractivity contribution in [1.82, 2.24) is 15.2 Å². The van der Waals surface area contributed by atoms with Crippen LogP contribution in [0.3, 0.4) is 0 Å². The fourth-order valence-corrected chi connectivity index (χ4v) is 3.33. The average Bonchev–Trinajstić information content (AvgIpc) is 2.73. The van der Waals surface area contributed by atoms with Crippen molar-refractivity contribution in [3.63, 3.8) is 0 Å². The number of hydrogen-bond donors (Lipinski definition) is 2. The smallest absolute Gasteiger partial charge is 0.254 e. The molecule has 2 heterocycles. The van der Waals surface area contributed by atoms with E-state index in [1.54, 1.807) is 36.7 Å². The molecule has 2 amide bonds. The number of pyridine rings is 1. The number of hydrogen-bond acceptors (Lipinski definition) is 5. The first kappa shape index (κ1) is 19.8. The lowest BCUT2D eigenvalue weighted by molar-refractivity contribution is -0.121. The van der Waals surface area contributed by atoms with Gasteiger partial charge in [0.05, 0.1) is 0 Å². The van der Waals surface area contributed by atoms with Crippen LogP contribution in [0.15, 0.2) is 48.8 Å². The molecule has 1 unspecified atom stereocenters. The molecule has 3 N–H and O–H groups in total. The van der Waals surface area contributed by atoms with Gasteiger partial charge >= 0.3 is 0 Å². The quantitative estimate of drug-likeness (QED) is 0.766. The fourth-order valence-electron chi connectivity index (χ4n) is 3.33. The van der Waals surface area contributed by atoms with E-state index in [0.717, 1.165) is 19.3 Å². The van der Waals surface area contributed by atoms with Crippen molar-refractivity contribution in [1.29, 1.82) is 0 Å². The van der Waals surface area contributed by atoms with E-state index in [0.29, 0.717) is 43.1 Å². The van der Waals surface area contributed by atoms with E-state index in [1.165, 1.54) is 0 Å². The van der Waals surface area contributed by atoms with E-state index in [2.05, 4.69) is 10.3 Å². The number of piperidine rings is 1. The monoisotopic (exact) mass is 382 g/mol. The third-order valence-electron chi connectivity index (χ3n) is 4.76. The molecule has 0 bridgehead atoms. The van der Waals surface area contributed by atoms with Gasteiger partial charge in [0.15, 0.2) is 0 Å². The van der Waals surface area contributed by atoms with Crippen LogP contribution in [0.2, 0.25) is 0 Å². The highest BCUT2D eigenvalue weighted by atomic mass is 16.5. The number of aromatic nitrogens is 1. The molecule has 7 heteroatoms. The van der Waals surface area contributed by atoms with Gasteiger partial charge in [0, 0.05) is 50.1 Å². The maximum atomic E-state index is 13.1. The Kier molecular flexibility index (Phi) is 6.97. The summed E-state index contributed by atoms with van der Waals surface area (Å²) in [4.78, 5) is 30.7. The van der Waals surface area contributed by atoms with Crippen molar-refractivity contribution in [3.8, 4) is 11.5 Å². The van der Waals surface area contributed by atoms with Gasteiger partial charge in [-0.25, -0.2) is 0 Å². The molecule has 1 aliphatic rings. The van der Waals surface area contributed by atoms with Crippen LogP contribution in [-0.4, -0.2) is 47.4 Å². The highest BCUT2D eigenvalue weighted by Crippen LogP contribution is 2.24. The van der Waals surface area contributed by atoms with Crippen LogP contribution in [0.4, 0.5) is 0 Å². The number of amides is 2. The zero-order valence-corrected chi connectivity index (χ0v) is 15.8. The molecule has 0 aliphatic carbocycles. The predicted octanol–water partition coefficient (Wildman–Crippen LogP) is 2.33. The lowest BCUT2D eigenvalue weighted by Gasteiger charge is -2.36. The molecule has 28 heavy (non-hydrogen) atoms. The molecule has 1 atom stereocenters. The van der Waals surface area contributed by atoms with Crippen molar-refractivity contribution in [3.05, 3.63) is 54.4 Å². The summed E-state index contributed by atoms with van der Waals surface area (Å²) < 4.78 is 5.81. The normalized spacial score (nSPS) is 16.5. The van der Waals surface area contributed by atoms with E-state index in [9.17, 15) is 9.59 Å². The lowest BCUT2D eigenvalue weighted by atomic mass is 10.0. The molecule has 3 rings (SSSR count). The Morgan fingerprint density at radius 3 is 2.79 bits per heavy atom. The maximum absolute atomic E-state index is 13.1. The molecule has 7 nitrogen and oxygen atoms in total. The van der Waals surface area contributed by atoms with E-state index < -0.39 is 0 Å². The summed E-state index contributed by atoms with van der Waals surface area (Å²) in [5.74, 6) is 1.14. The molecule has 0 saturated carbocycles. The number of nitrogens with one attached hydrogen (secondary N) is 1. The topological polar surface area (TPSA) is 97.6 Å². The van der Waals surface area contributed by atoms with E-state index in [-0.39, 0.29) is 17.9 Å². The summed E-state index contributed by atoms with van der Waals surface area (Å²) >= 11 is 0. The Balaban J connectivity index is 1.68. The first-order chi connectivity index (χ1) is 13.7. The number of ether oxygens (including phenoxy) is 1. The first-order valence-corrected chi connectivity index (χ1v) is 9.63. The third-order valence-corrected chi connectivity index (χ3v) is 4.76. The van der Waals surface area contributed by atoms with Gasteiger partial charge in [-0.3, -0.25) is 14.6 Å². The Morgan fingerprint density at radius 2 is 2.00 bits per heavy atom. The molecule has 1 aromatic heterocycles. The number of benzene rings is 1. The van der Waals surface area contributed by atoms with Crippen LogP contribution in [0.25, 0.3) is 0 Å². The van der Waals surface area contributed by atoms with Gasteiger partial charge in [0.1, 0.15) is 11.5 Å². The van der Waals surface area contributed by atoms with Crippen LogP contribution in [0.1, 0.15) is 36.0 Å². The van der Waals surface area contributed by atoms with Crippen LogP contribution in [0, 0.1) is 0 Å². The number of nitrogens with zero attached hydrogens (tertiary/aromatic N) is 2. The van der Waals surface area contributed by atoms with Gasteiger partial charge in [0.25, 0.3) is 5.91 Å². The number of likely N-dealkylation sites (tertiary alicyclic amines) is 1.